The molecule has 3 atom stereocenters. The third-order valence-corrected chi connectivity index (χ3v) is 5.23. The lowest BCUT2D eigenvalue weighted by molar-refractivity contribution is -0.142. The number of hydrogen-bond donors (Lipinski definition) is 3. The summed E-state index contributed by atoms with van der Waals surface area (Å²) in [7, 11) is 1.37. The minimum atomic E-state index is -0.868. The highest BCUT2D eigenvalue weighted by atomic mass is 32.2. The van der Waals surface area contributed by atoms with E-state index in [-0.39, 0.29) is 29.4 Å². The van der Waals surface area contributed by atoms with Gasteiger partial charge in [0.25, 0.3) is 0 Å². The summed E-state index contributed by atoms with van der Waals surface area (Å²) in [4.78, 5) is 25.0. The minimum absolute atomic E-state index is 0.240. The lowest BCUT2D eigenvalue weighted by Gasteiger charge is -2.40. The fraction of sp³-hybridized carbons (Fsp3) is 0.833. The molecule has 0 aromatic heterocycles. The predicted molar refractivity (Wildman–Crippen MR) is 75.0 cm³/mol. The van der Waals surface area contributed by atoms with E-state index >= 15 is 0 Å². The molecule has 2 aliphatic rings. The van der Waals surface area contributed by atoms with E-state index in [0.717, 1.165) is 12.8 Å². The van der Waals surface area contributed by atoms with Crippen LogP contribution in [0.3, 0.4) is 0 Å². The molecule has 0 saturated carbocycles. The van der Waals surface area contributed by atoms with Gasteiger partial charge in [0.05, 0.1) is 18.6 Å². The molecule has 2 saturated heterocycles. The first-order chi connectivity index (χ1) is 9.51. The second-order valence-electron chi connectivity index (χ2n) is 5.18. The Hall–Kier alpha value is -0.830. The van der Waals surface area contributed by atoms with Crippen LogP contribution in [-0.2, 0) is 14.3 Å². The Labute approximate surface area is 122 Å². The highest BCUT2D eigenvalue weighted by Crippen LogP contribution is 2.38. The Bertz CT molecular complexity index is 395. The van der Waals surface area contributed by atoms with Crippen LogP contribution in [0.25, 0.3) is 0 Å². The lowest BCUT2D eigenvalue weighted by atomic mass is 10.0. The van der Waals surface area contributed by atoms with Gasteiger partial charge < -0.3 is 20.5 Å². The molecular formula is C12H21N3O4S. The Morgan fingerprint density at radius 2 is 2.40 bits per heavy atom. The van der Waals surface area contributed by atoms with Crippen molar-refractivity contribution in [3.05, 3.63) is 0 Å². The number of likely N-dealkylation sites (tertiary alicyclic amines) is 1. The normalized spacial score (nSPS) is 31.4. The highest BCUT2D eigenvalue weighted by Gasteiger charge is 2.46. The van der Waals surface area contributed by atoms with Crippen LogP contribution in [0.15, 0.2) is 0 Å². The molecular weight excluding hydrogens is 282 g/mol. The van der Waals surface area contributed by atoms with Crippen molar-refractivity contribution in [2.75, 3.05) is 32.6 Å². The van der Waals surface area contributed by atoms with Gasteiger partial charge in [0, 0.05) is 18.8 Å². The monoisotopic (exact) mass is 303 g/mol. The van der Waals surface area contributed by atoms with Crippen LogP contribution in [0.4, 0.5) is 0 Å². The molecule has 0 radical (unpaired) electrons. The number of aliphatic hydroxyl groups is 1. The molecule has 0 aromatic rings. The van der Waals surface area contributed by atoms with Gasteiger partial charge >= 0.3 is 5.97 Å². The summed E-state index contributed by atoms with van der Waals surface area (Å²) in [5, 5.41) is 12.3. The maximum absolute atomic E-state index is 12.1. The number of carbonyl (C=O) groups is 2. The number of esters is 1. The second-order valence-corrected chi connectivity index (χ2v) is 6.58. The zero-order valence-corrected chi connectivity index (χ0v) is 12.3. The molecule has 20 heavy (non-hydrogen) atoms. The van der Waals surface area contributed by atoms with Crippen LogP contribution in [0, 0.1) is 0 Å². The summed E-state index contributed by atoms with van der Waals surface area (Å²) < 4.78 is 4.75. The van der Waals surface area contributed by atoms with Crippen molar-refractivity contribution in [2.24, 2.45) is 5.73 Å². The number of thioether (sulfide) groups is 1. The third-order valence-electron chi connectivity index (χ3n) is 3.73. The lowest BCUT2D eigenvalue weighted by Crippen LogP contribution is -2.58. The van der Waals surface area contributed by atoms with Crippen LogP contribution in [0.2, 0.25) is 0 Å². The van der Waals surface area contributed by atoms with E-state index in [2.05, 4.69) is 5.32 Å². The van der Waals surface area contributed by atoms with Crippen LogP contribution in [-0.4, -0.2) is 71.4 Å². The summed E-state index contributed by atoms with van der Waals surface area (Å²) in [5.74, 6) is 0.126. The summed E-state index contributed by atoms with van der Waals surface area (Å²) in [6.07, 6.45) is 1.74. The first kappa shape index (κ1) is 15.6. The van der Waals surface area contributed by atoms with E-state index in [4.69, 9.17) is 15.6 Å². The SMILES string of the molecule is COC(=O)[C@@H]1CSC2(CCCN(C(=O)[C@@H](N)CO)C2)N1. The van der Waals surface area contributed by atoms with E-state index in [9.17, 15) is 9.59 Å². The molecule has 2 aliphatic heterocycles. The molecule has 2 fully saturated rings. The Morgan fingerprint density at radius 1 is 1.65 bits per heavy atom. The van der Waals surface area contributed by atoms with E-state index in [0.29, 0.717) is 18.8 Å². The van der Waals surface area contributed by atoms with Gasteiger partial charge in [0.15, 0.2) is 0 Å². The molecule has 2 rings (SSSR count). The fourth-order valence-corrected chi connectivity index (χ4v) is 4.14. The van der Waals surface area contributed by atoms with E-state index < -0.39 is 6.04 Å². The number of ether oxygens (including phenoxy) is 1. The van der Waals surface area contributed by atoms with Gasteiger partial charge in [-0.3, -0.25) is 14.9 Å². The van der Waals surface area contributed by atoms with E-state index in [1.54, 1.807) is 16.7 Å². The predicted octanol–water partition coefficient (Wildman–Crippen LogP) is -1.50. The summed E-state index contributed by atoms with van der Waals surface area (Å²) in [6, 6.07) is -1.19. The van der Waals surface area contributed by atoms with Gasteiger partial charge in [0.1, 0.15) is 12.1 Å². The molecule has 8 heteroatoms. The largest absolute Gasteiger partial charge is 0.468 e. The molecule has 1 amide bonds. The maximum Gasteiger partial charge on any atom is 0.323 e. The van der Waals surface area contributed by atoms with Crippen molar-refractivity contribution in [1.82, 2.24) is 10.2 Å². The zero-order chi connectivity index (χ0) is 14.8. The molecule has 0 bridgehead atoms. The number of piperidine rings is 1. The molecule has 4 N–H and O–H groups in total. The van der Waals surface area contributed by atoms with Gasteiger partial charge in [-0.25, -0.2) is 0 Å². The number of nitrogens with one attached hydrogen (secondary N) is 1. The van der Waals surface area contributed by atoms with E-state index in [1.165, 1.54) is 7.11 Å². The van der Waals surface area contributed by atoms with Crippen LogP contribution >= 0.6 is 11.8 Å². The third kappa shape index (κ3) is 3.08. The number of amides is 1. The van der Waals surface area contributed by atoms with E-state index in [1.807, 2.05) is 0 Å². The first-order valence-corrected chi connectivity index (χ1v) is 7.64. The maximum atomic E-state index is 12.1. The Balaban J connectivity index is 2.00. The van der Waals surface area contributed by atoms with Crippen LogP contribution in [0.5, 0.6) is 0 Å². The zero-order valence-electron chi connectivity index (χ0n) is 11.5. The van der Waals surface area contributed by atoms with Gasteiger partial charge in [0.2, 0.25) is 5.91 Å². The van der Waals surface area contributed by atoms with Crippen molar-refractivity contribution >= 4 is 23.6 Å². The van der Waals surface area contributed by atoms with Crippen molar-refractivity contribution in [2.45, 2.75) is 29.8 Å². The quantitative estimate of drug-likeness (QED) is 0.545. The van der Waals surface area contributed by atoms with Crippen molar-refractivity contribution in [3.8, 4) is 0 Å². The standard InChI is InChI=1S/C12H21N3O4S/c1-19-11(18)9-6-20-12(14-9)3-2-4-15(7-12)10(17)8(13)5-16/h8-9,14,16H,2-7,13H2,1H3/t8-,9-,12?/m0/s1. The number of methoxy groups -OCH3 is 1. The summed E-state index contributed by atoms with van der Waals surface area (Å²) >= 11 is 1.65. The van der Waals surface area contributed by atoms with Gasteiger partial charge in [-0.05, 0) is 12.8 Å². The Morgan fingerprint density at radius 3 is 3.05 bits per heavy atom. The topological polar surface area (TPSA) is 105 Å². The minimum Gasteiger partial charge on any atom is -0.468 e. The number of rotatable bonds is 3. The van der Waals surface area contributed by atoms with Gasteiger partial charge in [-0.1, -0.05) is 0 Å². The average Bonchev–Trinajstić information content (AvgIpc) is 2.88. The second kappa shape index (κ2) is 6.30. The Kier molecular flexibility index (Phi) is 4.90. The number of carbonyl (C=O) groups excluding carboxylic acids is 2. The average molecular weight is 303 g/mol. The van der Waals surface area contributed by atoms with Crippen molar-refractivity contribution in [3.63, 3.8) is 0 Å². The van der Waals surface area contributed by atoms with Gasteiger partial charge in [-0.2, -0.15) is 0 Å². The fourth-order valence-electron chi connectivity index (χ4n) is 2.67. The van der Waals surface area contributed by atoms with Gasteiger partial charge in [-0.15, -0.1) is 11.8 Å². The van der Waals surface area contributed by atoms with Crippen molar-refractivity contribution < 1.29 is 19.4 Å². The number of aliphatic hydroxyl groups excluding tert-OH is 1. The molecule has 114 valence electrons. The van der Waals surface area contributed by atoms with Crippen LogP contribution in [0.1, 0.15) is 12.8 Å². The molecule has 1 unspecified atom stereocenters. The molecule has 0 aliphatic carbocycles. The first-order valence-electron chi connectivity index (χ1n) is 6.66. The molecule has 1 spiro atoms. The number of nitrogens with zero attached hydrogens (tertiary/aromatic N) is 1. The molecule has 0 aromatic carbocycles. The molecule has 2 heterocycles. The summed E-state index contributed by atoms with van der Waals surface area (Å²) in [6.45, 7) is 0.783. The summed E-state index contributed by atoms with van der Waals surface area (Å²) in [5.41, 5.74) is 5.59. The van der Waals surface area contributed by atoms with Crippen molar-refractivity contribution in [1.29, 1.82) is 0 Å². The molecule has 7 nitrogen and oxygen atoms in total. The van der Waals surface area contributed by atoms with Crippen LogP contribution < -0.4 is 11.1 Å². The number of nitrogens with two attached hydrogens (primary N) is 1. The smallest absolute Gasteiger partial charge is 0.323 e. The highest BCUT2D eigenvalue weighted by molar-refractivity contribution is 8.01. The number of hydrogen-bond acceptors (Lipinski definition) is 7.